The molecule has 0 saturated carbocycles. The summed E-state index contributed by atoms with van der Waals surface area (Å²) in [7, 11) is -3.18. The van der Waals surface area contributed by atoms with Crippen LogP contribution in [0.3, 0.4) is 0 Å². The van der Waals surface area contributed by atoms with Crippen LogP contribution in [0.25, 0.3) is 5.69 Å². The molecule has 128 valence electrons. The number of nitrogens with zero attached hydrogens (tertiary/aromatic N) is 2. The Kier molecular flexibility index (Phi) is 4.21. The van der Waals surface area contributed by atoms with Crippen molar-refractivity contribution in [1.82, 2.24) is 9.78 Å². The summed E-state index contributed by atoms with van der Waals surface area (Å²) in [4.78, 5) is 12.1. The number of anilines is 1. The molecular formula is C17H21N3O3S. The summed E-state index contributed by atoms with van der Waals surface area (Å²) in [6.45, 7) is 5.91. The van der Waals surface area contributed by atoms with E-state index in [1.165, 1.54) is 0 Å². The molecule has 3 rings (SSSR count). The summed E-state index contributed by atoms with van der Waals surface area (Å²) in [5, 5.41) is 7.35. The maximum atomic E-state index is 12.1. The van der Waals surface area contributed by atoms with E-state index in [1.807, 2.05) is 39.0 Å². The minimum Gasteiger partial charge on any atom is -0.310 e. The van der Waals surface area contributed by atoms with Crippen LogP contribution in [0, 0.1) is 13.8 Å². The Morgan fingerprint density at radius 1 is 1.29 bits per heavy atom. The maximum Gasteiger partial charge on any atom is 0.225 e. The molecule has 1 amide bonds. The Hall–Kier alpha value is -2.15. The number of rotatable bonds is 4. The average Bonchev–Trinajstić information content (AvgIpc) is 2.93. The Bertz CT molecular complexity index is 913. The highest BCUT2D eigenvalue weighted by Gasteiger charge is 2.33. The first-order valence-electron chi connectivity index (χ1n) is 7.99. The van der Waals surface area contributed by atoms with Gasteiger partial charge in [0, 0.05) is 12.0 Å². The van der Waals surface area contributed by atoms with Crippen LogP contribution in [0.4, 0.5) is 5.82 Å². The molecule has 0 saturated heterocycles. The lowest BCUT2D eigenvalue weighted by atomic mass is 10.1. The van der Waals surface area contributed by atoms with Crippen LogP contribution in [0.5, 0.6) is 0 Å². The number of hydrogen-bond donors (Lipinski definition) is 1. The van der Waals surface area contributed by atoms with Gasteiger partial charge in [-0.05, 0) is 31.9 Å². The molecule has 7 heteroatoms. The zero-order chi connectivity index (χ0) is 17.5. The molecule has 0 bridgehead atoms. The molecule has 6 nitrogen and oxygen atoms in total. The lowest BCUT2D eigenvalue weighted by Gasteiger charge is -2.13. The molecule has 1 N–H and O–H groups in total. The van der Waals surface area contributed by atoms with Crippen molar-refractivity contribution in [1.29, 1.82) is 0 Å². The smallest absolute Gasteiger partial charge is 0.225 e. The number of sulfone groups is 1. The standard InChI is InChI=1S/C17H21N3O3S/c1-4-5-16(21)18-17-13-9-24(22,23)10-14(13)19-20(17)15-7-6-11(2)8-12(15)3/h6-8H,4-5,9-10H2,1-3H3,(H,18,21). The van der Waals surface area contributed by atoms with E-state index in [2.05, 4.69) is 10.4 Å². The molecule has 0 unspecified atom stereocenters. The predicted molar refractivity (Wildman–Crippen MR) is 92.9 cm³/mol. The fourth-order valence-corrected chi connectivity index (χ4v) is 4.50. The van der Waals surface area contributed by atoms with E-state index in [4.69, 9.17) is 0 Å². The van der Waals surface area contributed by atoms with Gasteiger partial charge in [-0.25, -0.2) is 13.1 Å². The van der Waals surface area contributed by atoms with Gasteiger partial charge in [0.15, 0.2) is 9.84 Å². The van der Waals surface area contributed by atoms with Gasteiger partial charge in [-0.3, -0.25) is 4.79 Å². The van der Waals surface area contributed by atoms with Gasteiger partial charge < -0.3 is 5.32 Å². The molecule has 1 aromatic carbocycles. The molecule has 1 aliphatic rings. The van der Waals surface area contributed by atoms with Crippen molar-refractivity contribution in [3.8, 4) is 5.69 Å². The Morgan fingerprint density at radius 2 is 2.04 bits per heavy atom. The Balaban J connectivity index is 2.11. The second-order valence-corrected chi connectivity index (χ2v) is 8.37. The summed E-state index contributed by atoms with van der Waals surface area (Å²) >= 11 is 0. The first-order chi connectivity index (χ1) is 11.3. The van der Waals surface area contributed by atoms with Crippen LogP contribution in [0.15, 0.2) is 18.2 Å². The quantitative estimate of drug-likeness (QED) is 0.922. The third-order valence-electron chi connectivity index (χ3n) is 4.10. The zero-order valence-electron chi connectivity index (χ0n) is 14.1. The number of fused-ring (bicyclic) bond motifs is 1. The second-order valence-electron chi connectivity index (χ2n) is 6.31. The number of hydrogen-bond acceptors (Lipinski definition) is 4. The number of nitrogens with one attached hydrogen (secondary N) is 1. The highest BCUT2D eigenvalue weighted by Crippen LogP contribution is 2.33. The van der Waals surface area contributed by atoms with E-state index in [0.717, 1.165) is 23.2 Å². The number of aromatic nitrogens is 2. The molecule has 0 aliphatic carbocycles. The summed E-state index contributed by atoms with van der Waals surface area (Å²) < 4.78 is 25.5. The number of carbonyl (C=O) groups is 1. The summed E-state index contributed by atoms with van der Waals surface area (Å²) in [6.07, 6.45) is 1.11. The number of benzene rings is 1. The SMILES string of the molecule is CCCC(=O)Nc1c2c(nn1-c1ccc(C)cc1C)CS(=O)(=O)C2. The van der Waals surface area contributed by atoms with Crippen molar-refractivity contribution in [3.63, 3.8) is 0 Å². The zero-order valence-corrected chi connectivity index (χ0v) is 14.9. The lowest BCUT2D eigenvalue weighted by molar-refractivity contribution is -0.116. The van der Waals surface area contributed by atoms with E-state index in [-0.39, 0.29) is 17.4 Å². The Labute approximate surface area is 141 Å². The van der Waals surface area contributed by atoms with Crippen molar-refractivity contribution in [2.75, 3.05) is 5.32 Å². The topological polar surface area (TPSA) is 81.1 Å². The number of carbonyl (C=O) groups excluding carboxylic acids is 1. The van der Waals surface area contributed by atoms with Gasteiger partial charge in [0.05, 0.1) is 22.9 Å². The predicted octanol–water partition coefficient (Wildman–Crippen LogP) is 2.66. The molecule has 1 aliphatic heterocycles. The van der Waals surface area contributed by atoms with E-state index >= 15 is 0 Å². The van der Waals surface area contributed by atoms with E-state index in [0.29, 0.717) is 23.5 Å². The molecular weight excluding hydrogens is 326 g/mol. The molecule has 0 radical (unpaired) electrons. The normalized spacial score (nSPS) is 15.3. The molecule has 1 aromatic heterocycles. The van der Waals surface area contributed by atoms with Crippen LogP contribution in [-0.4, -0.2) is 24.1 Å². The number of aryl methyl sites for hydroxylation is 2. The average molecular weight is 347 g/mol. The molecule has 2 heterocycles. The highest BCUT2D eigenvalue weighted by atomic mass is 32.2. The maximum absolute atomic E-state index is 12.1. The minimum absolute atomic E-state index is 0.0725. The summed E-state index contributed by atoms with van der Waals surface area (Å²) in [5.41, 5.74) is 4.14. The van der Waals surface area contributed by atoms with Crippen molar-refractivity contribution in [3.05, 3.63) is 40.6 Å². The van der Waals surface area contributed by atoms with Gasteiger partial charge in [-0.2, -0.15) is 5.10 Å². The first kappa shape index (κ1) is 16.7. The second kappa shape index (κ2) is 6.05. The van der Waals surface area contributed by atoms with Crippen LogP contribution in [0.2, 0.25) is 0 Å². The molecule has 2 aromatic rings. The van der Waals surface area contributed by atoms with Crippen LogP contribution in [0.1, 0.15) is 42.1 Å². The highest BCUT2D eigenvalue weighted by molar-refractivity contribution is 7.90. The Morgan fingerprint density at radius 3 is 2.71 bits per heavy atom. The van der Waals surface area contributed by atoms with Crippen LogP contribution >= 0.6 is 0 Å². The van der Waals surface area contributed by atoms with E-state index < -0.39 is 9.84 Å². The third kappa shape index (κ3) is 3.08. The van der Waals surface area contributed by atoms with Crippen LogP contribution < -0.4 is 5.32 Å². The molecule has 0 fully saturated rings. The molecule has 24 heavy (non-hydrogen) atoms. The van der Waals surface area contributed by atoms with Crippen molar-refractivity contribution in [2.24, 2.45) is 0 Å². The monoisotopic (exact) mass is 347 g/mol. The fourth-order valence-electron chi connectivity index (χ4n) is 3.01. The summed E-state index contributed by atoms with van der Waals surface area (Å²) in [5.74, 6) is 0.207. The largest absolute Gasteiger partial charge is 0.310 e. The molecule has 0 spiro atoms. The van der Waals surface area contributed by atoms with E-state index in [9.17, 15) is 13.2 Å². The first-order valence-corrected chi connectivity index (χ1v) is 9.81. The van der Waals surface area contributed by atoms with Gasteiger partial charge >= 0.3 is 0 Å². The summed E-state index contributed by atoms with van der Waals surface area (Å²) in [6, 6.07) is 5.96. The number of amides is 1. The van der Waals surface area contributed by atoms with Crippen LogP contribution in [-0.2, 0) is 26.1 Å². The van der Waals surface area contributed by atoms with Gasteiger partial charge in [0.25, 0.3) is 0 Å². The minimum atomic E-state index is -3.18. The van der Waals surface area contributed by atoms with Gasteiger partial charge in [-0.15, -0.1) is 0 Å². The van der Waals surface area contributed by atoms with Gasteiger partial charge in [0.1, 0.15) is 5.82 Å². The van der Waals surface area contributed by atoms with Gasteiger partial charge in [0.2, 0.25) is 5.91 Å². The third-order valence-corrected chi connectivity index (χ3v) is 5.54. The van der Waals surface area contributed by atoms with Crippen molar-refractivity contribution in [2.45, 2.75) is 45.1 Å². The molecule has 0 atom stereocenters. The van der Waals surface area contributed by atoms with Crippen molar-refractivity contribution >= 4 is 21.6 Å². The van der Waals surface area contributed by atoms with E-state index in [1.54, 1.807) is 4.68 Å². The fraction of sp³-hybridized carbons (Fsp3) is 0.412. The lowest BCUT2D eigenvalue weighted by Crippen LogP contribution is -2.16. The van der Waals surface area contributed by atoms with Gasteiger partial charge in [-0.1, -0.05) is 24.6 Å². The van der Waals surface area contributed by atoms with Crippen molar-refractivity contribution < 1.29 is 13.2 Å².